The topological polar surface area (TPSA) is 35.2 Å². The monoisotopic (exact) mass is 331 g/mol. The molecule has 98 valence electrons. The van der Waals surface area contributed by atoms with Gasteiger partial charge in [0.2, 0.25) is 0 Å². The Morgan fingerprint density at radius 3 is 2.53 bits per heavy atom. The van der Waals surface area contributed by atoms with Gasteiger partial charge < -0.3 is 10.5 Å². The lowest BCUT2D eigenvalue weighted by Crippen LogP contribution is -2.27. The summed E-state index contributed by atoms with van der Waals surface area (Å²) in [5.74, 6) is 0. The first-order valence-corrected chi connectivity index (χ1v) is 6.59. The molecule has 7 heteroatoms. The standard InChI is InChI=1S/C10H13BrF3NOS/c1-6(15)9(7-2-3-8(11)17-7)16-5-4-10(12,13)14/h2-3,6,9H,4-5,15H2,1H3. The third-order valence-corrected chi connectivity index (χ3v) is 3.72. The van der Waals surface area contributed by atoms with Crippen LogP contribution in [0.15, 0.2) is 15.9 Å². The molecule has 2 atom stereocenters. The maximum Gasteiger partial charge on any atom is 0.391 e. The van der Waals surface area contributed by atoms with Crippen molar-refractivity contribution in [1.29, 1.82) is 0 Å². The van der Waals surface area contributed by atoms with E-state index in [-0.39, 0.29) is 12.6 Å². The minimum atomic E-state index is -4.20. The van der Waals surface area contributed by atoms with Crippen LogP contribution in [0, 0.1) is 0 Å². The van der Waals surface area contributed by atoms with Crippen LogP contribution < -0.4 is 5.73 Å². The van der Waals surface area contributed by atoms with Crippen molar-refractivity contribution >= 4 is 27.3 Å². The van der Waals surface area contributed by atoms with E-state index in [1.165, 1.54) is 11.3 Å². The smallest absolute Gasteiger partial charge is 0.371 e. The van der Waals surface area contributed by atoms with Gasteiger partial charge in [-0.05, 0) is 35.0 Å². The van der Waals surface area contributed by atoms with Crippen LogP contribution in [0.2, 0.25) is 0 Å². The molecular weight excluding hydrogens is 319 g/mol. The van der Waals surface area contributed by atoms with Crippen LogP contribution in [0.3, 0.4) is 0 Å². The molecule has 0 radical (unpaired) electrons. The summed E-state index contributed by atoms with van der Waals surface area (Å²) in [5, 5.41) is 0. The fraction of sp³-hybridized carbons (Fsp3) is 0.600. The zero-order valence-corrected chi connectivity index (χ0v) is 11.5. The number of thiophene rings is 1. The van der Waals surface area contributed by atoms with Crippen molar-refractivity contribution in [2.24, 2.45) is 5.73 Å². The first kappa shape index (κ1) is 14.9. The second kappa shape index (κ2) is 6.17. The number of hydrogen-bond acceptors (Lipinski definition) is 3. The SMILES string of the molecule is CC(N)C(OCCC(F)(F)F)c1ccc(Br)s1. The molecule has 0 aliphatic rings. The molecule has 1 aromatic rings. The number of halogens is 4. The molecule has 0 aliphatic carbocycles. The van der Waals surface area contributed by atoms with E-state index in [4.69, 9.17) is 10.5 Å². The summed E-state index contributed by atoms with van der Waals surface area (Å²) < 4.78 is 42.1. The molecule has 1 rings (SSSR count). The summed E-state index contributed by atoms with van der Waals surface area (Å²) in [6.07, 6.45) is -5.64. The zero-order chi connectivity index (χ0) is 13.1. The largest absolute Gasteiger partial charge is 0.391 e. The van der Waals surface area contributed by atoms with Crippen LogP contribution >= 0.6 is 27.3 Å². The van der Waals surface area contributed by atoms with Gasteiger partial charge in [-0.3, -0.25) is 0 Å². The van der Waals surface area contributed by atoms with Gasteiger partial charge in [0, 0.05) is 10.9 Å². The van der Waals surface area contributed by atoms with E-state index in [2.05, 4.69) is 15.9 Å². The van der Waals surface area contributed by atoms with Gasteiger partial charge in [-0.1, -0.05) is 0 Å². The third kappa shape index (κ3) is 5.37. The molecule has 0 aromatic carbocycles. The van der Waals surface area contributed by atoms with Crippen molar-refractivity contribution in [3.8, 4) is 0 Å². The van der Waals surface area contributed by atoms with Crippen LogP contribution in [0.25, 0.3) is 0 Å². The highest BCUT2D eigenvalue weighted by Gasteiger charge is 2.28. The van der Waals surface area contributed by atoms with Gasteiger partial charge in [-0.2, -0.15) is 13.2 Å². The number of nitrogens with two attached hydrogens (primary N) is 1. The molecule has 0 bridgehead atoms. The lowest BCUT2D eigenvalue weighted by atomic mass is 10.1. The molecule has 0 spiro atoms. The van der Waals surface area contributed by atoms with Crippen molar-refractivity contribution in [3.05, 3.63) is 20.8 Å². The number of alkyl halides is 3. The molecule has 17 heavy (non-hydrogen) atoms. The molecule has 2 unspecified atom stereocenters. The number of hydrogen-bond donors (Lipinski definition) is 1. The molecule has 2 N–H and O–H groups in total. The first-order chi connectivity index (χ1) is 7.79. The Morgan fingerprint density at radius 1 is 1.47 bits per heavy atom. The van der Waals surface area contributed by atoms with E-state index in [0.717, 1.165) is 8.66 Å². The zero-order valence-electron chi connectivity index (χ0n) is 9.13. The van der Waals surface area contributed by atoms with Gasteiger partial charge >= 0.3 is 6.18 Å². The molecule has 0 fully saturated rings. The normalized spacial score (nSPS) is 15.9. The highest BCUT2D eigenvalue weighted by Crippen LogP contribution is 2.31. The van der Waals surface area contributed by atoms with E-state index < -0.39 is 18.7 Å². The lowest BCUT2D eigenvalue weighted by Gasteiger charge is -2.20. The van der Waals surface area contributed by atoms with Gasteiger partial charge in [0.25, 0.3) is 0 Å². The average Bonchev–Trinajstić information content (AvgIpc) is 2.57. The van der Waals surface area contributed by atoms with Gasteiger partial charge in [0.1, 0.15) is 6.10 Å². The van der Waals surface area contributed by atoms with Gasteiger partial charge in [0.05, 0.1) is 16.8 Å². The van der Waals surface area contributed by atoms with Crippen LogP contribution in [0.5, 0.6) is 0 Å². The van der Waals surface area contributed by atoms with Crippen LogP contribution in [-0.4, -0.2) is 18.8 Å². The first-order valence-electron chi connectivity index (χ1n) is 4.99. The predicted octanol–water partition coefficient (Wildman–Crippen LogP) is 3.87. The molecule has 2 nitrogen and oxygen atoms in total. The van der Waals surface area contributed by atoms with Crippen LogP contribution in [0.4, 0.5) is 13.2 Å². The quantitative estimate of drug-likeness (QED) is 0.888. The fourth-order valence-corrected chi connectivity index (χ4v) is 2.86. The Hall–Kier alpha value is -0.110. The molecular formula is C10H13BrF3NOS. The van der Waals surface area contributed by atoms with Gasteiger partial charge in [-0.25, -0.2) is 0 Å². The molecule has 0 saturated heterocycles. The Kier molecular flexibility index (Phi) is 5.43. The summed E-state index contributed by atoms with van der Waals surface area (Å²) in [4.78, 5) is 0.828. The molecule has 1 heterocycles. The Bertz CT molecular complexity index is 354. The van der Waals surface area contributed by atoms with Gasteiger partial charge in [0.15, 0.2) is 0 Å². The molecule has 1 aromatic heterocycles. The second-order valence-electron chi connectivity index (χ2n) is 3.66. The predicted molar refractivity (Wildman–Crippen MR) is 65.0 cm³/mol. The van der Waals surface area contributed by atoms with Crippen molar-refractivity contribution in [3.63, 3.8) is 0 Å². The van der Waals surface area contributed by atoms with E-state index in [1.54, 1.807) is 13.0 Å². The highest BCUT2D eigenvalue weighted by atomic mass is 79.9. The summed E-state index contributed by atoms with van der Waals surface area (Å²) in [7, 11) is 0. The highest BCUT2D eigenvalue weighted by molar-refractivity contribution is 9.11. The van der Waals surface area contributed by atoms with Crippen molar-refractivity contribution < 1.29 is 17.9 Å². The van der Waals surface area contributed by atoms with E-state index in [9.17, 15) is 13.2 Å². The van der Waals surface area contributed by atoms with Gasteiger partial charge in [-0.15, -0.1) is 11.3 Å². The summed E-state index contributed by atoms with van der Waals surface area (Å²) in [6, 6.07) is 3.27. The Labute approximate surface area is 110 Å². The third-order valence-electron chi connectivity index (χ3n) is 2.03. The summed E-state index contributed by atoms with van der Waals surface area (Å²) in [5.41, 5.74) is 5.71. The maximum absolute atomic E-state index is 12.0. The summed E-state index contributed by atoms with van der Waals surface area (Å²) in [6.45, 7) is 1.34. The second-order valence-corrected chi connectivity index (χ2v) is 6.15. The molecule has 0 amide bonds. The average molecular weight is 332 g/mol. The minimum absolute atomic E-state index is 0.353. The summed E-state index contributed by atoms with van der Waals surface area (Å²) >= 11 is 4.70. The van der Waals surface area contributed by atoms with E-state index in [1.807, 2.05) is 6.07 Å². The van der Waals surface area contributed by atoms with E-state index in [0.29, 0.717) is 0 Å². The Morgan fingerprint density at radius 2 is 2.12 bits per heavy atom. The minimum Gasteiger partial charge on any atom is -0.371 e. The number of rotatable bonds is 5. The lowest BCUT2D eigenvalue weighted by molar-refractivity contribution is -0.150. The van der Waals surface area contributed by atoms with Crippen LogP contribution in [-0.2, 0) is 4.74 Å². The van der Waals surface area contributed by atoms with Crippen molar-refractivity contribution in [1.82, 2.24) is 0 Å². The van der Waals surface area contributed by atoms with Crippen molar-refractivity contribution in [2.45, 2.75) is 31.7 Å². The number of ether oxygens (including phenoxy) is 1. The van der Waals surface area contributed by atoms with Crippen molar-refractivity contribution in [2.75, 3.05) is 6.61 Å². The van der Waals surface area contributed by atoms with E-state index >= 15 is 0 Å². The molecule has 0 saturated carbocycles. The van der Waals surface area contributed by atoms with Crippen LogP contribution in [0.1, 0.15) is 24.3 Å². The molecule has 0 aliphatic heterocycles. The fourth-order valence-electron chi connectivity index (χ4n) is 1.28. The maximum atomic E-state index is 12.0. The Balaban J connectivity index is 2.56.